The molecule has 4 aromatic rings. The van der Waals surface area contributed by atoms with E-state index in [-0.39, 0.29) is 39.9 Å². The Morgan fingerprint density at radius 1 is 1.16 bits per heavy atom. The van der Waals surface area contributed by atoms with Crippen LogP contribution in [0.15, 0.2) is 41.3 Å². The molecule has 0 saturated heterocycles. The second-order valence-corrected chi connectivity index (χ2v) is 9.60. The molecule has 0 spiro atoms. The summed E-state index contributed by atoms with van der Waals surface area (Å²) < 4.78 is 32.3. The highest BCUT2D eigenvalue weighted by atomic mass is 32.2. The summed E-state index contributed by atoms with van der Waals surface area (Å²) in [5, 5.41) is 10.5. The maximum Gasteiger partial charge on any atom is 0.338 e. The SMILES string of the molecule is CCOc1c(S(=O)(=O)N(C)C)ccc2[nH]c(-c3nc4ccc(C)cc4cc3C(=O)O)nc12. The average Bonchev–Trinajstić information content (AvgIpc) is 3.17. The van der Waals surface area contributed by atoms with Crippen molar-refractivity contribution in [2.24, 2.45) is 0 Å². The zero-order chi connectivity index (χ0) is 23.2. The van der Waals surface area contributed by atoms with Crippen LogP contribution < -0.4 is 4.74 Å². The van der Waals surface area contributed by atoms with Crippen LogP contribution in [0.1, 0.15) is 22.8 Å². The molecule has 166 valence electrons. The van der Waals surface area contributed by atoms with E-state index in [0.717, 1.165) is 9.87 Å². The number of benzene rings is 2. The molecule has 0 amide bonds. The predicted molar refractivity (Wildman–Crippen MR) is 121 cm³/mol. The Bertz CT molecular complexity index is 1470. The summed E-state index contributed by atoms with van der Waals surface area (Å²) >= 11 is 0. The number of ether oxygens (including phenoxy) is 1. The van der Waals surface area contributed by atoms with Gasteiger partial charge in [0.15, 0.2) is 11.6 Å². The van der Waals surface area contributed by atoms with Gasteiger partial charge >= 0.3 is 5.97 Å². The zero-order valence-corrected chi connectivity index (χ0v) is 18.8. The molecule has 2 aromatic carbocycles. The standard InChI is InChI=1S/C22H22N4O5S/c1-5-31-20-17(32(29,30)26(3)4)9-8-16-19(20)25-21(24-16)18-14(22(27)28)11-13-10-12(2)6-7-15(13)23-18/h6-11H,5H2,1-4H3,(H,24,25)(H,27,28). The number of hydrogen-bond acceptors (Lipinski definition) is 6. The van der Waals surface area contributed by atoms with Gasteiger partial charge < -0.3 is 14.8 Å². The lowest BCUT2D eigenvalue weighted by Crippen LogP contribution is -2.23. The Labute approximate surface area is 184 Å². The molecule has 2 N–H and O–H groups in total. The molecule has 0 saturated carbocycles. The van der Waals surface area contributed by atoms with Crippen LogP contribution in [0.25, 0.3) is 33.5 Å². The summed E-state index contributed by atoms with van der Waals surface area (Å²) in [5.74, 6) is -0.827. The quantitative estimate of drug-likeness (QED) is 0.457. The predicted octanol–water partition coefficient (Wildman–Crippen LogP) is 3.43. The molecule has 0 aliphatic heterocycles. The monoisotopic (exact) mass is 454 g/mol. The smallest absolute Gasteiger partial charge is 0.338 e. The van der Waals surface area contributed by atoms with Gasteiger partial charge in [0.05, 0.1) is 23.2 Å². The van der Waals surface area contributed by atoms with Crippen molar-refractivity contribution in [1.29, 1.82) is 0 Å². The third-order valence-electron chi connectivity index (χ3n) is 5.04. The van der Waals surface area contributed by atoms with Gasteiger partial charge in [-0.3, -0.25) is 0 Å². The number of hydrogen-bond donors (Lipinski definition) is 2. The number of nitrogens with one attached hydrogen (secondary N) is 1. The van der Waals surface area contributed by atoms with Crippen LogP contribution in [0.4, 0.5) is 0 Å². The van der Waals surface area contributed by atoms with E-state index < -0.39 is 16.0 Å². The number of aryl methyl sites for hydroxylation is 1. The molecule has 2 aromatic heterocycles. The van der Waals surface area contributed by atoms with E-state index >= 15 is 0 Å². The first-order valence-corrected chi connectivity index (χ1v) is 11.3. The highest BCUT2D eigenvalue weighted by molar-refractivity contribution is 7.89. The average molecular weight is 455 g/mol. The van der Waals surface area contributed by atoms with Crippen LogP contribution in [0.5, 0.6) is 5.75 Å². The number of sulfonamides is 1. The van der Waals surface area contributed by atoms with Gasteiger partial charge in [0.25, 0.3) is 0 Å². The molecule has 4 rings (SSSR count). The number of pyridine rings is 1. The lowest BCUT2D eigenvalue weighted by molar-refractivity contribution is 0.0697. The molecule has 0 radical (unpaired) electrons. The van der Waals surface area contributed by atoms with Gasteiger partial charge in [-0.1, -0.05) is 11.6 Å². The van der Waals surface area contributed by atoms with Gasteiger partial charge in [0, 0.05) is 19.5 Å². The third kappa shape index (κ3) is 3.57. The fourth-order valence-corrected chi connectivity index (χ4v) is 4.49. The Morgan fingerprint density at radius 2 is 1.91 bits per heavy atom. The number of nitrogens with zero attached hydrogens (tertiary/aromatic N) is 3. The fourth-order valence-electron chi connectivity index (χ4n) is 3.47. The largest absolute Gasteiger partial charge is 0.490 e. The lowest BCUT2D eigenvalue weighted by Gasteiger charge is -2.15. The van der Waals surface area contributed by atoms with E-state index in [4.69, 9.17) is 4.74 Å². The van der Waals surface area contributed by atoms with Crippen molar-refractivity contribution >= 4 is 37.9 Å². The van der Waals surface area contributed by atoms with Crippen LogP contribution in [-0.4, -0.2) is 59.5 Å². The minimum atomic E-state index is -3.79. The van der Waals surface area contributed by atoms with E-state index in [1.165, 1.54) is 20.2 Å². The van der Waals surface area contributed by atoms with E-state index in [1.807, 2.05) is 25.1 Å². The Hall–Kier alpha value is -3.50. The topological polar surface area (TPSA) is 125 Å². The minimum Gasteiger partial charge on any atom is -0.490 e. The third-order valence-corrected chi connectivity index (χ3v) is 6.88. The van der Waals surface area contributed by atoms with Crippen molar-refractivity contribution in [2.45, 2.75) is 18.7 Å². The molecular weight excluding hydrogens is 432 g/mol. The normalized spacial score (nSPS) is 12.0. The summed E-state index contributed by atoms with van der Waals surface area (Å²) in [6.07, 6.45) is 0. The summed E-state index contributed by atoms with van der Waals surface area (Å²) in [7, 11) is -0.915. The highest BCUT2D eigenvalue weighted by Crippen LogP contribution is 2.35. The lowest BCUT2D eigenvalue weighted by atomic mass is 10.1. The second-order valence-electron chi connectivity index (χ2n) is 7.48. The van der Waals surface area contributed by atoms with E-state index in [0.29, 0.717) is 16.4 Å². The first-order chi connectivity index (χ1) is 15.1. The van der Waals surface area contributed by atoms with Crippen molar-refractivity contribution in [1.82, 2.24) is 19.3 Å². The number of rotatable bonds is 6. The maximum absolute atomic E-state index is 12.8. The van der Waals surface area contributed by atoms with Gasteiger partial charge in [0.1, 0.15) is 16.1 Å². The van der Waals surface area contributed by atoms with Gasteiger partial charge in [-0.15, -0.1) is 0 Å². The summed E-state index contributed by atoms with van der Waals surface area (Å²) in [6, 6.07) is 10.2. The van der Waals surface area contributed by atoms with Crippen molar-refractivity contribution in [3.63, 3.8) is 0 Å². The Balaban J connectivity index is 2.00. The molecule has 10 heteroatoms. The molecule has 32 heavy (non-hydrogen) atoms. The van der Waals surface area contributed by atoms with Gasteiger partial charge in [-0.25, -0.2) is 27.5 Å². The molecule has 0 atom stereocenters. The second kappa shape index (κ2) is 7.88. The molecule has 2 heterocycles. The minimum absolute atomic E-state index is 0.0127. The maximum atomic E-state index is 12.8. The molecule has 0 bridgehead atoms. The number of imidazole rings is 1. The van der Waals surface area contributed by atoms with Crippen LogP contribution in [0.3, 0.4) is 0 Å². The Morgan fingerprint density at radius 3 is 2.56 bits per heavy atom. The number of aromatic amines is 1. The molecule has 0 aliphatic rings. The summed E-state index contributed by atoms with van der Waals surface area (Å²) in [6.45, 7) is 3.89. The molecule has 9 nitrogen and oxygen atoms in total. The summed E-state index contributed by atoms with van der Waals surface area (Å²) in [4.78, 5) is 24.1. The molecule has 0 fully saturated rings. The van der Waals surface area contributed by atoms with Gasteiger partial charge in [0.2, 0.25) is 10.0 Å². The van der Waals surface area contributed by atoms with Crippen molar-refractivity contribution in [3.05, 3.63) is 47.5 Å². The Kier molecular flexibility index (Phi) is 5.35. The molecular formula is C22H22N4O5S. The fraction of sp³-hybridized carbons (Fsp3) is 0.227. The van der Waals surface area contributed by atoms with E-state index in [9.17, 15) is 18.3 Å². The van der Waals surface area contributed by atoms with Crippen LogP contribution in [0.2, 0.25) is 0 Å². The van der Waals surface area contributed by atoms with Crippen molar-refractivity contribution in [2.75, 3.05) is 20.7 Å². The van der Waals surface area contributed by atoms with Crippen LogP contribution in [-0.2, 0) is 10.0 Å². The van der Waals surface area contributed by atoms with Crippen LogP contribution >= 0.6 is 0 Å². The highest BCUT2D eigenvalue weighted by Gasteiger charge is 2.26. The summed E-state index contributed by atoms with van der Waals surface area (Å²) in [5.41, 5.74) is 2.54. The number of aromatic nitrogens is 3. The van der Waals surface area contributed by atoms with Crippen molar-refractivity contribution < 1.29 is 23.1 Å². The van der Waals surface area contributed by atoms with E-state index in [1.54, 1.807) is 19.1 Å². The van der Waals surface area contributed by atoms with Gasteiger partial charge in [-0.2, -0.15) is 0 Å². The van der Waals surface area contributed by atoms with E-state index in [2.05, 4.69) is 15.0 Å². The number of carboxylic acids is 1. The van der Waals surface area contributed by atoms with Gasteiger partial charge in [-0.05, 0) is 44.2 Å². The van der Waals surface area contributed by atoms with Crippen LogP contribution in [0, 0.1) is 6.92 Å². The number of carboxylic acid groups (broad SMARTS) is 1. The first-order valence-electron chi connectivity index (χ1n) is 9.86. The number of aromatic carboxylic acids is 1. The molecule has 0 unspecified atom stereocenters. The zero-order valence-electron chi connectivity index (χ0n) is 18.0. The number of carbonyl (C=O) groups is 1. The number of fused-ring (bicyclic) bond motifs is 2. The molecule has 0 aliphatic carbocycles. The van der Waals surface area contributed by atoms with Crippen molar-refractivity contribution in [3.8, 4) is 17.3 Å². The number of H-pyrrole nitrogens is 1. The first kappa shape index (κ1) is 21.7.